The molecule has 0 spiro atoms. The van der Waals surface area contributed by atoms with Crippen LogP contribution in [0, 0.1) is 11.3 Å². The highest BCUT2D eigenvalue weighted by Gasteiger charge is 2.52. The van der Waals surface area contributed by atoms with Gasteiger partial charge < -0.3 is 10.6 Å². The molecule has 2 N–H and O–H groups in total. The molecule has 2 fully saturated rings. The van der Waals surface area contributed by atoms with E-state index in [1.54, 1.807) is 0 Å². The van der Waals surface area contributed by atoms with Crippen molar-refractivity contribution < 1.29 is 0 Å². The van der Waals surface area contributed by atoms with Gasteiger partial charge in [-0.15, -0.1) is 0 Å². The first-order valence-corrected chi connectivity index (χ1v) is 6.67. The van der Waals surface area contributed by atoms with Crippen LogP contribution in [-0.4, -0.2) is 25.7 Å². The van der Waals surface area contributed by atoms with Gasteiger partial charge in [0.15, 0.2) is 0 Å². The van der Waals surface area contributed by atoms with Gasteiger partial charge in [0.2, 0.25) is 0 Å². The Morgan fingerprint density at radius 2 is 1.93 bits per heavy atom. The topological polar surface area (TPSA) is 24.1 Å². The highest BCUT2D eigenvalue weighted by Crippen LogP contribution is 2.60. The molecule has 0 radical (unpaired) electrons. The third-order valence-corrected chi connectivity index (χ3v) is 3.90. The van der Waals surface area contributed by atoms with E-state index in [0.29, 0.717) is 6.04 Å². The predicted octanol–water partition coefficient (Wildman–Crippen LogP) is 2.15. The molecule has 2 rings (SSSR count). The first kappa shape index (κ1) is 11.4. The summed E-state index contributed by atoms with van der Waals surface area (Å²) in [6.07, 6.45) is 7.27. The lowest BCUT2D eigenvalue weighted by Crippen LogP contribution is -2.30. The molecule has 0 aliphatic heterocycles. The van der Waals surface area contributed by atoms with Crippen molar-refractivity contribution in [1.82, 2.24) is 10.6 Å². The van der Waals surface area contributed by atoms with Crippen molar-refractivity contribution in [3.63, 3.8) is 0 Å². The predicted molar refractivity (Wildman–Crippen MR) is 65.0 cm³/mol. The van der Waals surface area contributed by atoms with Crippen molar-refractivity contribution in [1.29, 1.82) is 0 Å². The molecule has 2 aliphatic rings. The van der Waals surface area contributed by atoms with Gasteiger partial charge in [-0.3, -0.25) is 0 Å². The fourth-order valence-electron chi connectivity index (χ4n) is 2.53. The van der Waals surface area contributed by atoms with E-state index in [1.165, 1.54) is 45.2 Å². The first-order chi connectivity index (χ1) is 7.23. The Balaban J connectivity index is 1.45. The number of rotatable bonds is 8. The van der Waals surface area contributed by atoms with Crippen LogP contribution in [-0.2, 0) is 0 Å². The van der Waals surface area contributed by atoms with Crippen LogP contribution < -0.4 is 10.6 Å². The molecule has 2 heteroatoms. The Labute approximate surface area is 94.2 Å². The van der Waals surface area contributed by atoms with Crippen LogP contribution in [0.2, 0.25) is 0 Å². The smallest absolute Gasteiger partial charge is 0.00105 e. The zero-order valence-corrected chi connectivity index (χ0v) is 10.3. The van der Waals surface area contributed by atoms with E-state index < -0.39 is 0 Å². The van der Waals surface area contributed by atoms with E-state index in [0.717, 1.165) is 17.9 Å². The standard InChI is InChI=1S/C13H26N2/c1-11(2)15-9-3-8-14-10-13(6-7-13)12-4-5-12/h11-12,14-15H,3-10H2,1-2H3. The maximum absolute atomic E-state index is 3.64. The molecule has 0 saturated heterocycles. The van der Waals surface area contributed by atoms with Crippen LogP contribution in [0.3, 0.4) is 0 Å². The monoisotopic (exact) mass is 210 g/mol. The first-order valence-electron chi connectivity index (χ1n) is 6.67. The van der Waals surface area contributed by atoms with Gasteiger partial charge in [0.05, 0.1) is 0 Å². The van der Waals surface area contributed by atoms with E-state index in [1.807, 2.05) is 0 Å². The van der Waals surface area contributed by atoms with Crippen LogP contribution in [0.15, 0.2) is 0 Å². The van der Waals surface area contributed by atoms with Gasteiger partial charge in [-0.2, -0.15) is 0 Å². The Morgan fingerprint density at radius 3 is 2.47 bits per heavy atom. The van der Waals surface area contributed by atoms with Crippen LogP contribution in [0.4, 0.5) is 0 Å². The summed E-state index contributed by atoms with van der Waals surface area (Å²) in [4.78, 5) is 0. The molecule has 0 aromatic heterocycles. The van der Waals surface area contributed by atoms with Crippen molar-refractivity contribution in [2.24, 2.45) is 11.3 Å². The summed E-state index contributed by atoms with van der Waals surface area (Å²) in [5, 5.41) is 7.10. The summed E-state index contributed by atoms with van der Waals surface area (Å²) in [7, 11) is 0. The summed E-state index contributed by atoms with van der Waals surface area (Å²) in [6, 6.07) is 0.631. The molecule has 0 aromatic rings. The summed E-state index contributed by atoms with van der Waals surface area (Å²) in [5.41, 5.74) is 0.769. The van der Waals surface area contributed by atoms with Crippen molar-refractivity contribution in [3.8, 4) is 0 Å². The van der Waals surface area contributed by atoms with Crippen molar-refractivity contribution >= 4 is 0 Å². The Morgan fingerprint density at radius 1 is 1.20 bits per heavy atom. The van der Waals surface area contributed by atoms with Gasteiger partial charge in [0, 0.05) is 12.6 Å². The fourth-order valence-corrected chi connectivity index (χ4v) is 2.53. The average molecular weight is 210 g/mol. The molecule has 88 valence electrons. The lowest BCUT2D eigenvalue weighted by Gasteiger charge is -2.15. The van der Waals surface area contributed by atoms with Crippen molar-refractivity contribution in [3.05, 3.63) is 0 Å². The minimum absolute atomic E-state index is 0.631. The molecule has 0 heterocycles. The van der Waals surface area contributed by atoms with Crippen molar-refractivity contribution in [2.75, 3.05) is 19.6 Å². The highest BCUT2D eigenvalue weighted by molar-refractivity contribution is 5.04. The molecule has 0 aromatic carbocycles. The minimum Gasteiger partial charge on any atom is -0.316 e. The quantitative estimate of drug-likeness (QED) is 0.600. The zero-order valence-electron chi connectivity index (χ0n) is 10.3. The number of hydrogen-bond acceptors (Lipinski definition) is 2. The number of nitrogens with one attached hydrogen (secondary N) is 2. The summed E-state index contributed by atoms with van der Waals surface area (Å²) < 4.78 is 0. The van der Waals surface area contributed by atoms with Gasteiger partial charge in [0.1, 0.15) is 0 Å². The Bertz CT molecular complexity index is 193. The molecule has 0 bridgehead atoms. The lowest BCUT2D eigenvalue weighted by atomic mass is 10.0. The molecule has 0 amide bonds. The van der Waals surface area contributed by atoms with E-state index >= 15 is 0 Å². The number of hydrogen-bond donors (Lipinski definition) is 2. The average Bonchev–Trinajstić information content (AvgIpc) is 3.00. The second-order valence-corrected chi connectivity index (χ2v) is 5.78. The summed E-state index contributed by atoms with van der Waals surface area (Å²) >= 11 is 0. The van der Waals surface area contributed by atoms with Crippen LogP contribution in [0.25, 0.3) is 0 Å². The van der Waals surface area contributed by atoms with Crippen LogP contribution in [0.5, 0.6) is 0 Å². The molecule has 2 nitrogen and oxygen atoms in total. The van der Waals surface area contributed by atoms with E-state index in [-0.39, 0.29) is 0 Å². The van der Waals surface area contributed by atoms with E-state index in [4.69, 9.17) is 0 Å². The maximum atomic E-state index is 3.64. The summed E-state index contributed by atoms with van der Waals surface area (Å²) in [6.45, 7) is 8.05. The van der Waals surface area contributed by atoms with E-state index in [9.17, 15) is 0 Å². The van der Waals surface area contributed by atoms with Gasteiger partial charge in [-0.1, -0.05) is 13.8 Å². The third kappa shape index (κ3) is 3.46. The Hall–Kier alpha value is -0.0800. The minimum atomic E-state index is 0.631. The molecule has 2 aliphatic carbocycles. The van der Waals surface area contributed by atoms with Gasteiger partial charge in [-0.05, 0) is 56.5 Å². The fraction of sp³-hybridized carbons (Fsp3) is 1.00. The molecular weight excluding hydrogens is 184 g/mol. The van der Waals surface area contributed by atoms with Crippen LogP contribution >= 0.6 is 0 Å². The molecule has 0 atom stereocenters. The van der Waals surface area contributed by atoms with E-state index in [2.05, 4.69) is 24.5 Å². The molecular formula is C13H26N2. The Kier molecular flexibility index (Phi) is 3.68. The second kappa shape index (κ2) is 4.84. The van der Waals surface area contributed by atoms with Gasteiger partial charge in [-0.25, -0.2) is 0 Å². The van der Waals surface area contributed by atoms with Crippen molar-refractivity contribution in [2.45, 2.75) is 52.0 Å². The highest BCUT2D eigenvalue weighted by atomic mass is 14.9. The third-order valence-electron chi connectivity index (χ3n) is 3.90. The molecule has 15 heavy (non-hydrogen) atoms. The second-order valence-electron chi connectivity index (χ2n) is 5.78. The molecule has 0 unspecified atom stereocenters. The van der Waals surface area contributed by atoms with Gasteiger partial charge >= 0.3 is 0 Å². The zero-order chi connectivity index (χ0) is 10.7. The van der Waals surface area contributed by atoms with Crippen LogP contribution in [0.1, 0.15) is 46.0 Å². The SMILES string of the molecule is CC(C)NCCCNCC1(C2CC2)CC1. The normalized spacial score (nSPS) is 23.4. The largest absolute Gasteiger partial charge is 0.316 e. The summed E-state index contributed by atoms with van der Waals surface area (Å²) in [5.74, 6) is 1.10. The van der Waals surface area contributed by atoms with Gasteiger partial charge in [0.25, 0.3) is 0 Å². The molecule has 2 saturated carbocycles. The maximum Gasteiger partial charge on any atom is 0.00105 e. The lowest BCUT2D eigenvalue weighted by molar-refractivity contribution is 0.400.